The van der Waals surface area contributed by atoms with Gasteiger partial charge in [-0.15, -0.1) is 0 Å². The summed E-state index contributed by atoms with van der Waals surface area (Å²) in [5, 5.41) is 4.49. The van der Waals surface area contributed by atoms with Crippen LogP contribution in [0, 0.1) is 12.8 Å². The average molecular weight is 694 g/mol. The summed E-state index contributed by atoms with van der Waals surface area (Å²) >= 11 is 0. The standard InChI is InChI=1S/C41H47N3O7/c1-6-9-10-11-28(19-26(5)45)21-42-29-15-13-27(14-16-29)23-50-40(48)51-41(8-3)34-20-36-37-32(22-44(36)38(46)33(34)24-49-39(41)47)30(7-2)31-18-25(4)12-17-35(31)43-37/h12-18,20,28,42H,6-11,19,21-24H2,1-5H3. The number of anilines is 1. The van der Waals surface area contributed by atoms with Crippen molar-refractivity contribution in [2.45, 2.75) is 105 Å². The van der Waals surface area contributed by atoms with Gasteiger partial charge in [-0.3, -0.25) is 4.79 Å². The van der Waals surface area contributed by atoms with E-state index in [-0.39, 0.29) is 42.5 Å². The monoisotopic (exact) mass is 693 g/mol. The van der Waals surface area contributed by atoms with Crippen LogP contribution in [0.4, 0.5) is 10.5 Å². The summed E-state index contributed by atoms with van der Waals surface area (Å²) in [6.07, 6.45) is 4.72. The Balaban J connectivity index is 1.19. The molecular formula is C41H47N3O7. The van der Waals surface area contributed by atoms with Gasteiger partial charge in [0.1, 0.15) is 19.0 Å². The number of ether oxygens (including phenoxy) is 3. The number of carbonyl (C=O) groups is 3. The second kappa shape index (κ2) is 15.1. The topological polar surface area (TPSA) is 126 Å². The molecule has 2 aliphatic heterocycles. The SMILES string of the molecule is CCCCCC(CNc1ccc(COC(=O)OC2(CC)C(=O)OCc3c2cc2n(c3=O)Cc3c-2nc2ccc(C)cc2c3CC)cc1)CC(C)=O. The molecule has 0 amide bonds. The molecule has 2 unspecified atom stereocenters. The number of rotatable bonds is 14. The number of ketones is 1. The van der Waals surface area contributed by atoms with Crippen molar-refractivity contribution in [2.24, 2.45) is 5.92 Å². The number of carbonyl (C=O) groups excluding carboxylic acids is 3. The molecule has 0 radical (unpaired) electrons. The Hall–Kier alpha value is -4.99. The molecule has 0 saturated heterocycles. The van der Waals surface area contributed by atoms with Gasteiger partial charge in [-0.2, -0.15) is 0 Å². The number of benzene rings is 2. The minimum Gasteiger partial charge on any atom is -0.457 e. The third kappa shape index (κ3) is 7.14. The molecule has 2 aliphatic rings. The fourth-order valence-electron chi connectivity index (χ4n) is 7.50. The Kier molecular flexibility index (Phi) is 10.6. The first-order chi connectivity index (χ1) is 24.6. The molecule has 0 fully saturated rings. The molecule has 10 nitrogen and oxygen atoms in total. The highest BCUT2D eigenvalue weighted by Gasteiger charge is 2.51. The fraction of sp³-hybridized carbons (Fsp3) is 0.439. The van der Waals surface area contributed by atoms with E-state index in [2.05, 4.69) is 25.2 Å². The maximum atomic E-state index is 14.0. The summed E-state index contributed by atoms with van der Waals surface area (Å²) in [6.45, 7) is 10.4. The number of pyridine rings is 2. The zero-order valence-electron chi connectivity index (χ0n) is 30.2. The number of nitrogens with one attached hydrogen (secondary N) is 1. The van der Waals surface area contributed by atoms with Crippen LogP contribution in [0.5, 0.6) is 0 Å². The number of aryl methyl sites for hydroxylation is 2. The maximum Gasteiger partial charge on any atom is 0.510 e. The Bertz CT molecular complexity index is 2030. The highest BCUT2D eigenvalue weighted by molar-refractivity contribution is 5.90. The van der Waals surface area contributed by atoms with E-state index in [0.717, 1.165) is 70.9 Å². The normalized spacial score (nSPS) is 16.5. The smallest absolute Gasteiger partial charge is 0.457 e. The van der Waals surface area contributed by atoms with Crippen molar-refractivity contribution < 1.29 is 28.6 Å². The predicted molar refractivity (Wildman–Crippen MR) is 196 cm³/mol. The first-order valence-electron chi connectivity index (χ1n) is 18.1. The molecule has 2 aromatic heterocycles. The Morgan fingerprint density at radius 1 is 1.04 bits per heavy atom. The second-order valence-corrected chi connectivity index (χ2v) is 13.8. The quantitative estimate of drug-likeness (QED) is 0.0913. The maximum absolute atomic E-state index is 14.0. The number of unbranched alkanes of at least 4 members (excludes halogenated alkanes) is 2. The summed E-state index contributed by atoms with van der Waals surface area (Å²) in [5.74, 6) is -0.280. The van der Waals surface area contributed by atoms with Crippen molar-refractivity contribution in [1.29, 1.82) is 0 Å². The van der Waals surface area contributed by atoms with Crippen LogP contribution >= 0.6 is 0 Å². The Morgan fingerprint density at radius 2 is 1.82 bits per heavy atom. The van der Waals surface area contributed by atoms with Crippen LogP contribution in [0.15, 0.2) is 53.3 Å². The summed E-state index contributed by atoms with van der Waals surface area (Å²) in [6, 6.07) is 15.4. The highest BCUT2D eigenvalue weighted by Crippen LogP contribution is 2.42. The molecule has 4 heterocycles. The Labute approximate surface area is 298 Å². The van der Waals surface area contributed by atoms with E-state index < -0.39 is 17.7 Å². The van der Waals surface area contributed by atoms with Gasteiger partial charge in [-0.1, -0.05) is 63.8 Å². The van der Waals surface area contributed by atoms with E-state index in [9.17, 15) is 19.2 Å². The van der Waals surface area contributed by atoms with Gasteiger partial charge in [-0.25, -0.2) is 14.6 Å². The zero-order valence-corrected chi connectivity index (χ0v) is 30.2. The van der Waals surface area contributed by atoms with E-state index in [1.165, 1.54) is 0 Å². The molecule has 2 atom stereocenters. The number of cyclic esters (lactones) is 1. The number of esters is 1. The van der Waals surface area contributed by atoms with E-state index in [1.54, 1.807) is 24.5 Å². The molecule has 0 spiro atoms. The molecule has 0 aliphatic carbocycles. The summed E-state index contributed by atoms with van der Waals surface area (Å²) in [4.78, 5) is 57.4. The summed E-state index contributed by atoms with van der Waals surface area (Å²) < 4.78 is 18.5. The van der Waals surface area contributed by atoms with Crippen LogP contribution in [0.25, 0.3) is 22.3 Å². The summed E-state index contributed by atoms with van der Waals surface area (Å²) in [7, 11) is 0. The zero-order chi connectivity index (χ0) is 36.3. The van der Waals surface area contributed by atoms with Crippen LogP contribution in [0.2, 0.25) is 0 Å². The molecule has 4 aromatic rings. The van der Waals surface area contributed by atoms with Gasteiger partial charge in [0, 0.05) is 35.2 Å². The van der Waals surface area contributed by atoms with E-state index in [4.69, 9.17) is 19.2 Å². The average Bonchev–Trinajstić information content (AvgIpc) is 3.48. The molecule has 0 bridgehead atoms. The lowest BCUT2D eigenvalue weighted by molar-refractivity contribution is -0.175. The largest absolute Gasteiger partial charge is 0.510 e. The van der Waals surface area contributed by atoms with Crippen LogP contribution in [-0.4, -0.2) is 34.0 Å². The third-order valence-corrected chi connectivity index (χ3v) is 10.2. The molecule has 268 valence electrons. The number of nitrogens with zero attached hydrogens (tertiary/aromatic N) is 2. The highest BCUT2D eigenvalue weighted by atomic mass is 16.7. The van der Waals surface area contributed by atoms with Gasteiger partial charge in [0.25, 0.3) is 5.56 Å². The molecule has 6 rings (SSSR count). The van der Waals surface area contributed by atoms with Crippen molar-refractivity contribution in [3.8, 4) is 11.4 Å². The van der Waals surface area contributed by atoms with Crippen LogP contribution in [0.3, 0.4) is 0 Å². The molecular weight excluding hydrogens is 646 g/mol. The van der Waals surface area contributed by atoms with Crippen molar-refractivity contribution >= 4 is 34.5 Å². The van der Waals surface area contributed by atoms with Crippen LogP contribution < -0.4 is 10.9 Å². The van der Waals surface area contributed by atoms with Crippen molar-refractivity contribution in [3.63, 3.8) is 0 Å². The number of hydrogen-bond acceptors (Lipinski definition) is 9. The van der Waals surface area contributed by atoms with Gasteiger partial charge < -0.3 is 28.9 Å². The number of Topliss-reactive ketones (excluding diaryl/α,β-unsaturated/α-hetero) is 1. The number of aromatic nitrogens is 2. The second-order valence-electron chi connectivity index (χ2n) is 13.8. The lowest BCUT2D eigenvalue weighted by Gasteiger charge is -2.35. The van der Waals surface area contributed by atoms with E-state index in [1.807, 2.05) is 43.3 Å². The number of fused-ring (bicyclic) bond motifs is 5. The molecule has 0 saturated carbocycles. The minimum atomic E-state index is -1.86. The van der Waals surface area contributed by atoms with Crippen molar-refractivity contribution in [2.75, 3.05) is 11.9 Å². The third-order valence-electron chi connectivity index (χ3n) is 10.2. The first kappa shape index (κ1) is 35.8. The molecule has 2 aromatic carbocycles. The lowest BCUT2D eigenvalue weighted by Crippen LogP contribution is -2.47. The van der Waals surface area contributed by atoms with Crippen LogP contribution in [0.1, 0.15) is 99.6 Å². The fourth-order valence-corrected chi connectivity index (χ4v) is 7.50. The van der Waals surface area contributed by atoms with Crippen molar-refractivity contribution in [1.82, 2.24) is 9.55 Å². The van der Waals surface area contributed by atoms with Crippen molar-refractivity contribution in [3.05, 3.63) is 92.3 Å². The van der Waals surface area contributed by atoms with Gasteiger partial charge >= 0.3 is 12.1 Å². The van der Waals surface area contributed by atoms with E-state index in [0.29, 0.717) is 36.5 Å². The van der Waals surface area contributed by atoms with Gasteiger partial charge in [0.2, 0.25) is 5.60 Å². The Morgan fingerprint density at radius 3 is 2.53 bits per heavy atom. The summed E-state index contributed by atoms with van der Waals surface area (Å²) in [5.41, 5.74) is 5.41. The molecule has 10 heteroatoms. The van der Waals surface area contributed by atoms with E-state index >= 15 is 0 Å². The van der Waals surface area contributed by atoms with Crippen LogP contribution in [-0.2, 0) is 55.6 Å². The predicted octanol–water partition coefficient (Wildman–Crippen LogP) is 7.90. The van der Waals surface area contributed by atoms with Gasteiger partial charge in [0.05, 0.1) is 29.0 Å². The first-order valence-corrected chi connectivity index (χ1v) is 18.1. The lowest BCUT2D eigenvalue weighted by atomic mass is 9.85. The number of hydrogen-bond donors (Lipinski definition) is 1. The molecule has 51 heavy (non-hydrogen) atoms. The van der Waals surface area contributed by atoms with Gasteiger partial charge in [0.15, 0.2) is 0 Å². The van der Waals surface area contributed by atoms with Gasteiger partial charge in [-0.05, 0) is 80.5 Å². The molecule has 1 N–H and O–H groups in total. The minimum absolute atomic E-state index is 0.0394.